The van der Waals surface area contributed by atoms with Crippen molar-refractivity contribution < 1.29 is 22.5 Å². The Bertz CT molecular complexity index is 704. The van der Waals surface area contributed by atoms with Crippen molar-refractivity contribution in [1.29, 1.82) is 0 Å². The maximum absolute atomic E-state index is 15.1. The van der Waals surface area contributed by atoms with E-state index in [2.05, 4.69) is 41.5 Å². The predicted octanol–water partition coefficient (Wildman–Crippen LogP) is 6.52. The molecular weight excluding hydrogens is 401 g/mol. The van der Waals surface area contributed by atoms with E-state index in [-0.39, 0.29) is 5.46 Å². The maximum atomic E-state index is 15.1. The molecule has 0 N–H and O–H groups in total. The molecule has 1 saturated heterocycles. The Kier molecular flexibility index (Phi) is 7.35. The third-order valence-electron chi connectivity index (χ3n) is 7.15. The molecule has 170 valence electrons. The molecule has 0 saturated carbocycles. The Morgan fingerprint density at radius 1 is 0.800 bits per heavy atom. The van der Waals surface area contributed by atoms with Crippen molar-refractivity contribution in [3.8, 4) is 0 Å². The highest BCUT2D eigenvalue weighted by atomic mass is 28.4. The van der Waals surface area contributed by atoms with Gasteiger partial charge in [-0.05, 0) is 68.9 Å². The Morgan fingerprint density at radius 3 is 1.50 bits per heavy atom. The molecule has 1 aromatic rings. The molecule has 1 aliphatic heterocycles. The molecular formula is C23H39BF2O3Si. The zero-order valence-electron chi connectivity index (χ0n) is 20.5. The molecule has 1 aromatic carbocycles. The van der Waals surface area contributed by atoms with Crippen LogP contribution in [0, 0.1) is 11.6 Å². The van der Waals surface area contributed by atoms with E-state index < -0.39 is 44.4 Å². The maximum Gasteiger partial charge on any atom is 0.500 e. The van der Waals surface area contributed by atoms with Gasteiger partial charge in [0.2, 0.25) is 8.32 Å². The minimum absolute atomic E-state index is 0.176. The molecule has 2 rings (SSSR count). The molecule has 0 amide bonds. The zero-order valence-corrected chi connectivity index (χ0v) is 21.5. The minimum Gasteiger partial charge on any atom is -0.409 e. The van der Waals surface area contributed by atoms with Crippen LogP contribution >= 0.6 is 0 Å². The van der Waals surface area contributed by atoms with Crippen molar-refractivity contribution in [2.24, 2.45) is 0 Å². The zero-order chi connectivity index (χ0) is 23.2. The molecule has 3 nitrogen and oxygen atoms in total. The first kappa shape index (κ1) is 25.5. The number of hydrogen-bond donors (Lipinski definition) is 0. The summed E-state index contributed by atoms with van der Waals surface area (Å²) in [6, 6.07) is 2.74. The molecule has 1 unspecified atom stereocenters. The highest BCUT2D eigenvalue weighted by Crippen LogP contribution is 2.45. The van der Waals surface area contributed by atoms with Crippen molar-refractivity contribution in [2.45, 2.75) is 110 Å². The van der Waals surface area contributed by atoms with Gasteiger partial charge < -0.3 is 13.7 Å². The molecule has 1 aliphatic rings. The highest BCUT2D eigenvalue weighted by molar-refractivity contribution is 6.77. The second-order valence-corrected chi connectivity index (χ2v) is 16.0. The van der Waals surface area contributed by atoms with Gasteiger partial charge in [-0.1, -0.05) is 41.5 Å². The smallest absolute Gasteiger partial charge is 0.409 e. The summed E-state index contributed by atoms with van der Waals surface area (Å²) >= 11 is 0. The predicted molar refractivity (Wildman–Crippen MR) is 123 cm³/mol. The molecule has 0 spiro atoms. The monoisotopic (exact) mass is 440 g/mol. The number of rotatable bonds is 7. The van der Waals surface area contributed by atoms with E-state index in [1.165, 1.54) is 12.1 Å². The fraction of sp³-hybridized carbons (Fsp3) is 0.739. The third-order valence-corrected chi connectivity index (χ3v) is 13.3. The average Bonchev–Trinajstić information content (AvgIpc) is 2.77. The van der Waals surface area contributed by atoms with Gasteiger partial charge in [0.25, 0.3) is 0 Å². The van der Waals surface area contributed by atoms with Gasteiger partial charge in [-0.25, -0.2) is 8.78 Å². The quantitative estimate of drug-likeness (QED) is 0.452. The summed E-state index contributed by atoms with van der Waals surface area (Å²) in [7, 11) is -3.25. The lowest BCUT2D eigenvalue weighted by molar-refractivity contribution is 0.00578. The lowest BCUT2D eigenvalue weighted by atomic mass is 9.77. The van der Waals surface area contributed by atoms with E-state index in [0.717, 1.165) is 0 Å². The van der Waals surface area contributed by atoms with Crippen molar-refractivity contribution in [2.75, 3.05) is 0 Å². The van der Waals surface area contributed by atoms with Crippen molar-refractivity contribution >= 4 is 20.9 Å². The molecule has 30 heavy (non-hydrogen) atoms. The van der Waals surface area contributed by atoms with Crippen LogP contribution in [-0.4, -0.2) is 26.6 Å². The second-order valence-electron chi connectivity index (χ2n) is 10.6. The topological polar surface area (TPSA) is 27.7 Å². The highest BCUT2D eigenvalue weighted by Gasteiger charge is 2.53. The summed E-state index contributed by atoms with van der Waals surface area (Å²) in [5.74, 6) is -1.32. The summed E-state index contributed by atoms with van der Waals surface area (Å²) < 4.78 is 48.6. The normalized spacial score (nSPS) is 19.9. The number of hydrogen-bond acceptors (Lipinski definition) is 3. The first-order valence-electron chi connectivity index (χ1n) is 11.1. The number of benzene rings is 1. The largest absolute Gasteiger partial charge is 0.500 e. The van der Waals surface area contributed by atoms with E-state index in [1.54, 1.807) is 0 Å². The average molecular weight is 440 g/mol. The second kappa shape index (κ2) is 8.64. The van der Waals surface area contributed by atoms with Gasteiger partial charge in [0.1, 0.15) is 11.6 Å². The van der Waals surface area contributed by atoms with E-state index in [0.29, 0.717) is 22.2 Å². The summed E-state index contributed by atoms with van der Waals surface area (Å²) in [6.07, 6.45) is -0.403. The lowest BCUT2D eigenvalue weighted by Crippen LogP contribution is -2.48. The standard InChI is InChI=1S/C23H39BF2O3Si/c1-14(2)30(15(3)4,16(5)6)27-17(7)18-12-19(25)21(20(26)13-18)24-28-22(8,9)23(10,11)29-24/h12-17H,1-11H3. The SMILES string of the molecule is CC(O[Si](C(C)C)(C(C)C)C(C)C)c1cc(F)c(B2OC(C)(C)C(C)(C)O2)c(F)c1. The van der Waals surface area contributed by atoms with E-state index in [1.807, 2.05) is 34.6 Å². The molecule has 1 heterocycles. The van der Waals surface area contributed by atoms with Gasteiger partial charge in [0, 0.05) is 0 Å². The minimum atomic E-state index is -2.18. The van der Waals surface area contributed by atoms with Crippen LogP contribution in [0.5, 0.6) is 0 Å². The van der Waals surface area contributed by atoms with Crippen molar-refractivity contribution in [1.82, 2.24) is 0 Å². The fourth-order valence-corrected chi connectivity index (χ4v) is 10.4. The Labute approximate surface area is 183 Å². The van der Waals surface area contributed by atoms with Crippen LogP contribution in [0.15, 0.2) is 12.1 Å². The summed E-state index contributed by atoms with van der Waals surface area (Å²) in [5, 5.41) is 0. The van der Waals surface area contributed by atoms with E-state index in [4.69, 9.17) is 13.7 Å². The third kappa shape index (κ3) is 4.41. The fourth-order valence-electron chi connectivity index (χ4n) is 4.81. The van der Waals surface area contributed by atoms with Gasteiger partial charge in [-0.15, -0.1) is 0 Å². The van der Waals surface area contributed by atoms with Gasteiger partial charge in [0.05, 0.1) is 22.8 Å². The molecule has 7 heteroatoms. The Morgan fingerprint density at radius 2 is 1.17 bits per heavy atom. The molecule has 1 atom stereocenters. The van der Waals surface area contributed by atoms with Crippen LogP contribution in [0.25, 0.3) is 0 Å². The molecule has 1 fully saturated rings. The van der Waals surface area contributed by atoms with Crippen LogP contribution in [0.3, 0.4) is 0 Å². The number of halogens is 2. The van der Waals surface area contributed by atoms with Crippen LogP contribution < -0.4 is 5.46 Å². The molecule has 0 radical (unpaired) electrons. The molecule has 0 aliphatic carbocycles. The summed E-state index contributed by atoms with van der Waals surface area (Å²) in [6.45, 7) is 22.5. The first-order valence-corrected chi connectivity index (χ1v) is 13.2. The van der Waals surface area contributed by atoms with Crippen LogP contribution in [0.4, 0.5) is 8.78 Å². The molecule has 0 bridgehead atoms. The summed E-state index contributed by atoms with van der Waals surface area (Å²) in [4.78, 5) is 0. The lowest BCUT2D eigenvalue weighted by Gasteiger charge is -2.44. The van der Waals surface area contributed by atoms with Gasteiger partial charge in [-0.2, -0.15) is 0 Å². The van der Waals surface area contributed by atoms with E-state index >= 15 is 8.78 Å². The summed E-state index contributed by atoms with van der Waals surface area (Å²) in [5.41, 5.74) is 0.162. The Balaban J connectivity index is 2.37. The molecule has 0 aromatic heterocycles. The van der Waals surface area contributed by atoms with Crippen molar-refractivity contribution in [3.05, 3.63) is 29.3 Å². The first-order chi connectivity index (χ1) is 13.6. The van der Waals surface area contributed by atoms with Crippen LogP contribution in [-0.2, 0) is 13.7 Å². The van der Waals surface area contributed by atoms with Gasteiger partial charge in [0.15, 0.2) is 0 Å². The van der Waals surface area contributed by atoms with E-state index in [9.17, 15) is 0 Å². The van der Waals surface area contributed by atoms with Crippen LogP contribution in [0.1, 0.15) is 87.8 Å². The van der Waals surface area contributed by atoms with Crippen LogP contribution in [0.2, 0.25) is 16.6 Å². The Hall–Kier alpha value is -0.758. The van der Waals surface area contributed by atoms with Gasteiger partial charge >= 0.3 is 7.12 Å². The van der Waals surface area contributed by atoms with Gasteiger partial charge in [-0.3, -0.25) is 0 Å². The van der Waals surface area contributed by atoms with Crippen molar-refractivity contribution in [3.63, 3.8) is 0 Å².